The molecule has 1 heterocycles. The Labute approximate surface area is 114 Å². The van der Waals surface area contributed by atoms with Crippen molar-refractivity contribution in [3.05, 3.63) is 23.1 Å². The van der Waals surface area contributed by atoms with Crippen molar-refractivity contribution in [2.24, 2.45) is 0 Å². The van der Waals surface area contributed by atoms with Crippen molar-refractivity contribution in [3.8, 4) is 0 Å². The van der Waals surface area contributed by atoms with Crippen LogP contribution in [0.4, 0.5) is 23.8 Å². The lowest BCUT2D eigenvalue weighted by atomic mass is 10.2. The molecule has 2 amide bonds. The summed E-state index contributed by atoms with van der Waals surface area (Å²) >= 11 is 0. The Morgan fingerprint density at radius 2 is 2.00 bits per heavy atom. The number of carbonyl (C=O) groups is 1. The van der Waals surface area contributed by atoms with Crippen LogP contribution in [-0.2, 0) is 6.18 Å². The number of halogens is 3. The Bertz CT molecular complexity index is 516. The van der Waals surface area contributed by atoms with Crippen LogP contribution in [0.2, 0.25) is 0 Å². The quantitative estimate of drug-likeness (QED) is 0.920. The van der Waals surface area contributed by atoms with E-state index in [1.165, 1.54) is 4.90 Å². The van der Waals surface area contributed by atoms with Crippen molar-refractivity contribution < 1.29 is 22.5 Å². The van der Waals surface area contributed by atoms with Gasteiger partial charge in [-0.25, -0.2) is 4.79 Å². The van der Waals surface area contributed by atoms with Gasteiger partial charge in [0.2, 0.25) is 5.76 Å². The molecular formula is C12H16F3N3O2. The first kappa shape index (κ1) is 16.1. The second-order valence-electron chi connectivity index (χ2n) is 4.33. The molecule has 1 N–H and O–H groups in total. The van der Waals surface area contributed by atoms with E-state index < -0.39 is 18.0 Å². The SMILES string of the molecule is CCN(C(=O)Nc1cc(C(F)(F)F)on1)C(C)=C(C)C. The highest BCUT2D eigenvalue weighted by Gasteiger charge is 2.36. The van der Waals surface area contributed by atoms with Crippen LogP contribution >= 0.6 is 0 Å². The van der Waals surface area contributed by atoms with Crippen LogP contribution in [0.5, 0.6) is 0 Å². The summed E-state index contributed by atoms with van der Waals surface area (Å²) in [6.45, 7) is 7.57. The molecule has 5 nitrogen and oxygen atoms in total. The highest BCUT2D eigenvalue weighted by Crippen LogP contribution is 2.30. The van der Waals surface area contributed by atoms with Crippen molar-refractivity contribution >= 4 is 11.8 Å². The first-order chi connectivity index (χ1) is 9.16. The van der Waals surface area contributed by atoms with E-state index in [2.05, 4.69) is 15.0 Å². The summed E-state index contributed by atoms with van der Waals surface area (Å²) in [5.41, 5.74) is 1.66. The zero-order valence-corrected chi connectivity index (χ0v) is 11.6. The zero-order valence-electron chi connectivity index (χ0n) is 11.6. The molecular weight excluding hydrogens is 275 g/mol. The van der Waals surface area contributed by atoms with E-state index in [0.717, 1.165) is 11.3 Å². The molecule has 20 heavy (non-hydrogen) atoms. The van der Waals surface area contributed by atoms with E-state index in [1.807, 2.05) is 13.8 Å². The predicted octanol–water partition coefficient (Wildman–Crippen LogP) is 3.86. The normalized spacial score (nSPS) is 11.2. The number of urea groups is 1. The molecule has 0 saturated carbocycles. The van der Waals surface area contributed by atoms with E-state index in [1.54, 1.807) is 13.8 Å². The van der Waals surface area contributed by atoms with Crippen LogP contribution in [0.1, 0.15) is 33.5 Å². The number of amides is 2. The Balaban J connectivity index is 2.85. The molecule has 8 heteroatoms. The monoisotopic (exact) mass is 291 g/mol. The summed E-state index contributed by atoms with van der Waals surface area (Å²) in [4.78, 5) is 13.4. The topological polar surface area (TPSA) is 58.4 Å². The van der Waals surface area contributed by atoms with Gasteiger partial charge in [0.25, 0.3) is 0 Å². The van der Waals surface area contributed by atoms with Crippen LogP contribution in [0.3, 0.4) is 0 Å². The third-order valence-electron chi connectivity index (χ3n) is 2.71. The molecule has 0 fully saturated rings. The number of nitrogens with zero attached hydrogens (tertiary/aromatic N) is 2. The molecule has 0 spiro atoms. The maximum atomic E-state index is 12.3. The Hall–Kier alpha value is -1.99. The van der Waals surface area contributed by atoms with Gasteiger partial charge in [0.15, 0.2) is 5.82 Å². The smallest absolute Gasteiger partial charge is 0.349 e. The molecule has 0 saturated heterocycles. The maximum Gasteiger partial charge on any atom is 0.452 e. The highest BCUT2D eigenvalue weighted by atomic mass is 19.4. The van der Waals surface area contributed by atoms with Gasteiger partial charge in [0.05, 0.1) is 0 Å². The summed E-state index contributed by atoms with van der Waals surface area (Å²) < 4.78 is 41.1. The number of allylic oxidation sites excluding steroid dienone is 2. The summed E-state index contributed by atoms with van der Waals surface area (Å²) in [7, 11) is 0. The van der Waals surface area contributed by atoms with Gasteiger partial charge >= 0.3 is 12.2 Å². The summed E-state index contributed by atoms with van der Waals surface area (Å²) in [5, 5.41) is 5.44. The maximum absolute atomic E-state index is 12.3. The number of alkyl halides is 3. The second kappa shape index (κ2) is 5.98. The summed E-state index contributed by atoms with van der Waals surface area (Å²) in [6.07, 6.45) is -4.63. The van der Waals surface area contributed by atoms with Crippen LogP contribution in [0.25, 0.3) is 0 Å². The van der Waals surface area contributed by atoms with Gasteiger partial charge in [0, 0.05) is 18.3 Å². The predicted molar refractivity (Wildman–Crippen MR) is 67.0 cm³/mol. The van der Waals surface area contributed by atoms with E-state index in [-0.39, 0.29) is 5.82 Å². The zero-order chi connectivity index (χ0) is 15.5. The van der Waals surface area contributed by atoms with Crippen molar-refractivity contribution in [3.63, 3.8) is 0 Å². The van der Waals surface area contributed by atoms with Crippen LogP contribution in [0.15, 0.2) is 21.9 Å². The van der Waals surface area contributed by atoms with Gasteiger partial charge in [-0.2, -0.15) is 13.2 Å². The average molecular weight is 291 g/mol. The first-order valence-electron chi connectivity index (χ1n) is 5.93. The molecule has 0 aliphatic rings. The number of nitrogens with one attached hydrogen (secondary N) is 1. The Morgan fingerprint density at radius 1 is 1.40 bits per heavy atom. The molecule has 0 unspecified atom stereocenters. The lowest BCUT2D eigenvalue weighted by molar-refractivity contribution is -0.155. The van der Waals surface area contributed by atoms with Crippen molar-refractivity contribution in [1.82, 2.24) is 10.1 Å². The number of carbonyl (C=O) groups excluding carboxylic acids is 1. The largest absolute Gasteiger partial charge is 0.452 e. The van der Waals surface area contributed by atoms with E-state index >= 15 is 0 Å². The van der Waals surface area contributed by atoms with Crippen molar-refractivity contribution in [1.29, 1.82) is 0 Å². The minimum Gasteiger partial charge on any atom is -0.349 e. The molecule has 0 aromatic carbocycles. The average Bonchev–Trinajstić information content (AvgIpc) is 2.77. The van der Waals surface area contributed by atoms with Crippen molar-refractivity contribution in [2.75, 3.05) is 11.9 Å². The third-order valence-corrected chi connectivity index (χ3v) is 2.71. The van der Waals surface area contributed by atoms with E-state index in [4.69, 9.17) is 0 Å². The van der Waals surface area contributed by atoms with Crippen LogP contribution in [0, 0.1) is 0 Å². The molecule has 0 aliphatic heterocycles. The molecule has 112 valence electrons. The minimum absolute atomic E-state index is 0.276. The molecule has 1 rings (SSSR count). The molecule has 0 bridgehead atoms. The lowest BCUT2D eigenvalue weighted by Gasteiger charge is -2.22. The van der Waals surface area contributed by atoms with Gasteiger partial charge in [-0.05, 0) is 27.7 Å². The molecule has 0 atom stereocenters. The van der Waals surface area contributed by atoms with Crippen molar-refractivity contribution in [2.45, 2.75) is 33.9 Å². The number of hydrogen-bond acceptors (Lipinski definition) is 3. The summed E-state index contributed by atoms with van der Waals surface area (Å²) in [5.74, 6) is -1.53. The fourth-order valence-corrected chi connectivity index (χ4v) is 1.45. The van der Waals surface area contributed by atoms with Crippen LogP contribution in [-0.4, -0.2) is 22.6 Å². The fourth-order valence-electron chi connectivity index (χ4n) is 1.45. The number of anilines is 1. The minimum atomic E-state index is -4.63. The third kappa shape index (κ3) is 3.75. The highest BCUT2D eigenvalue weighted by molar-refractivity contribution is 5.89. The van der Waals surface area contributed by atoms with Gasteiger partial charge in [-0.3, -0.25) is 10.2 Å². The number of rotatable bonds is 3. The Kier molecular flexibility index (Phi) is 4.80. The van der Waals surface area contributed by atoms with E-state index in [0.29, 0.717) is 12.6 Å². The van der Waals surface area contributed by atoms with Gasteiger partial charge in [0.1, 0.15) is 0 Å². The Morgan fingerprint density at radius 3 is 2.40 bits per heavy atom. The lowest BCUT2D eigenvalue weighted by Crippen LogP contribution is -2.33. The van der Waals surface area contributed by atoms with E-state index in [9.17, 15) is 18.0 Å². The van der Waals surface area contributed by atoms with Gasteiger partial charge in [-0.15, -0.1) is 0 Å². The van der Waals surface area contributed by atoms with Crippen LogP contribution < -0.4 is 5.32 Å². The first-order valence-corrected chi connectivity index (χ1v) is 5.93. The van der Waals surface area contributed by atoms with Gasteiger partial charge < -0.3 is 4.52 Å². The fraction of sp³-hybridized carbons (Fsp3) is 0.500. The second-order valence-corrected chi connectivity index (χ2v) is 4.33. The molecule has 1 aromatic heterocycles. The van der Waals surface area contributed by atoms with Gasteiger partial charge in [-0.1, -0.05) is 10.7 Å². The molecule has 0 aliphatic carbocycles. The molecule has 1 aromatic rings. The number of hydrogen-bond donors (Lipinski definition) is 1. The summed E-state index contributed by atoms with van der Waals surface area (Å²) in [6, 6.07) is 0.0806. The molecule has 0 radical (unpaired) electrons. The number of aromatic nitrogens is 1. The standard InChI is InChI=1S/C12H16F3N3O2/c1-5-18(8(4)7(2)3)11(19)16-10-6-9(20-17-10)12(13,14)15/h6H,5H2,1-4H3,(H,16,17,19).